The van der Waals surface area contributed by atoms with Gasteiger partial charge in [-0.25, -0.2) is 13.3 Å². The van der Waals surface area contributed by atoms with Crippen molar-refractivity contribution in [3.8, 4) is 0 Å². The summed E-state index contributed by atoms with van der Waals surface area (Å²) in [6, 6.07) is 0. The molecule has 0 aromatic carbocycles. The van der Waals surface area contributed by atoms with Crippen LogP contribution < -0.4 is 0 Å². The van der Waals surface area contributed by atoms with Crippen LogP contribution in [0.15, 0.2) is 0 Å². The first-order chi connectivity index (χ1) is 7.16. The van der Waals surface area contributed by atoms with E-state index in [1.807, 2.05) is 0 Å². The molecule has 1 saturated heterocycles. The summed E-state index contributed by atoms with van der Waals surface area (Å²) in [4.78, 5) is 0. The second-order valence-electron chi connectivity index (χ2n) is 3.40. The van der Waals surface area contributed by atoms with Gasteiger partial charge in [-0.15, -0.1) is 0 Å². The van der Waals surface area contributed by atoms with Crippen molar-refractivity contribution in [3.63, 3.8) is 0 Å². The molecular formula is C7H11F4O4P. The molecule has 0 bridgehead atoms. The molecule has 1 aliphatic rings. The Morgan fingerprint density at radius 2 is 1.75 bits per heavy atom. The molecule has 1 aliphatic heterocycles. The monoisotopic (exact) mass is 266 g/mol. The van der Waals surface area contributed by atoms with E-state index in [2.05, 4.69) is 13.6 Å². The van der Waals surface area contributed by atoms with Gasteiger partial charge in [-0.2, -0.15) is 8.78 Å². The van der Waals surface area contributed by atoms with E-state index in [9.17, 15) is 22.1 Å². The van der Waals surface area contributed by atoms with E-state index < -0.39 is 39.0 Å². The minimum Gasteiger partial charge on any atom is -0.281 e. The summed E-state index contributed by atoms with van der Waals surface area (Å²) in [7, 11) is -4.13. The number of phosphoric ester groups is 1. The first-order valence-corrected chi connectivity index (χ1v) is 5.90. The zero-order valence-electron chi connectivity index (χ0n) is 8.53. The number of alkyl halides is 4. The fourth-order valence-electron chi connectivity index (χ4n) is 0.892. The fraction of sp³-hybridized carbons (Fsp3) is 1.00. The average molecular weight is 266 g/mol. The molecule has 0 saturated carbocycles. The normalized spacial score (nSPS) is 35.9. The number of halogens is 4. The molecule has 16 heavy (non-hydrogen) atoms. The first-order valence-electron chi connectivity index (χ1n) is 4.44. The summed E-state index contributed by atoms with van der Waals surface area (Å²) < 4.78 is 73.4. The Balaban J connectivity index is 2.54. The SMILES string of the molecule is CC1OP(=O)(OCC(F)(F)C(F)F)OC1C. The van der Waals surface area contributed by atoms with Gasteiger partial charge in [0.25, 0.3) is 0 Å². The lowest BCUT2D eigenvalue weighted by atomic mass is 10.3. The highest BCUT2D eigenvalue weighted by atomic mass is 31.2. The lowest BCUT2D eigenvalue weighted by molar-refractivity contribution is -0.151. The molecule has 0 aromatic heterocycles. The molecule has 0 spiro atoms. The van der Waals surface area contributed by atoms with Gasteiger partial charge in [0.15, 0.2) is 0 Å². The van der Waals surface area contributed by atoms with Crippen LogP contribution in [-0.2, 0) is 18.1 Å². The Kier molecular flexibility index (Phi) is 3.99. The minimum atomic E-state index is -4.38. The van der Waals surface area contributed by atoms with Crippen molar-refractivity contribution in [1.82, 2.24) is 0 Å². The zero-order chi connectivity index (χ0) is 12.6. The average Bonchev–Trinajstić information content (AvgIpc) is 2.39. The maximum absolute atomic E-state index is 12.5. The summed E-state index contributed by atoms with van der Waals surface area (Å²) in [5.41, 5.74) is 0. The lowest BCUT2D eigenvalue weighted by Crippen LogP contribution is -2.31. The predicted molar refractivity (Wildman–Crippen MR) is 45.6 cm³/mol. The van der Waals surface area contributed by atoms with Crippen LogP contribution >= 0.6 is 7.82 Å². The Morgan fingerprint density at radius 3 is 2.12 bits per heavy atom. The summed E-state index contributed by atoms with van der Waals surface area (Å²) in [6.45, 7) is 1.29. The summed E-state index contributed by atoms with van der Waals surface area (Å²) in [6.07, 6.45) is -5.10. The van der Waals surface area contributed by atoms with Crippen LogP contribution in [0.5, 0.6) is 0 Å². The molecule has 0 aromatic rings. The fourth-order valence-corrected chi connectivity index (χ4v) is 2.55. The maximum atomic E-state index is 12.5. The van der Waals surface area contributed by atoms with E-state index in [1.54, 1.807) is 0 Å². The Morgan fingerprint density at radius 1 is 1.31 bits per heavy atom. The van der Waals surface area contributed by atoms with E-state index >= 15 is 0 Å². The number of rotatable bonds is 4. The molecule has 1 fully saturated rings. The topological polar surface area (TPSA) is 44.8 Å². The smallest absolute Gasteiger partial charge is 0.281 e. The lowest BCUT2D eigenvalue weighted by Gasteiger charge is -2.17. The molecule has 0 N–H and O–H groups in total. The number of hydrogen-bond acceptors (Lipinski definition) is 4. The van der Waals surface area contributed by atoms with Gasteiger partial charge in [0.2, 0.25) is 0 Å². The van der Waals surface area contributed by atoms with Gasteiger partial charge in [-0.1, -0.05) is 0 Å². The van der Waals surface area contributed by atoms with E-state index in [-0.39, 0.29) is 0 Å². The van der Waals surface area contributed by atoms with Gasteiger partial charge in [-0.3, -0.25) is 13.6 Å². The molecule has 1 heterocycles. The standard InChI is InChI=1S/C7H11F4O4P/c1-4-5(2)15-16(12,14-4)13-3-7(10,11)6(8)9/h4-6H,3H2,1-2H3. The molecule has 0 aliphatic carbocycles. The Hall–Kier alpha value is -0.170. The molecule has 96 valence electrons. The maximum Gasteiger partial charge on any atom is 0.475 e. The third kappa shape index (κ3) is 3.16. The van der Waals surface area contributed by atoms with Gasteiger partial charge in [0.1, 0.15) is 6.61 Å². The van der Waals surface area contributed by atoms with Crippen LogP contribution in [0.2, 0.25) is 0 Å². The van der Waals surface area contributed by atoms with Gasteiger partial charge in [0.05, 0.1) is 12.2 Å². The molecule has 4 nitrogen and oxygen atoms in total. The number of phosphoric acid groups is 1. The highest BCUT2D eigenvalue weighted by molar-refractivity contribution is 7.48. The van der Waals surface area contributed by atoms with Crippen LogP contribution in [-0.4, -0.2) is 31.2 Å². The summed E-state index contributed by atoms with van der Waals surface area (Å²) in [5.74, 6) is -4.38. The predicted octanol–water partition coefficient (Wildman–Crippen LogP) is 2.84. The van der Waals surface area contributed by atoms with Crippen molar-refractivity contribution in [2.45, 2.75) is 38.4 Å². The largest absolute Gasteiger partial charge is 0.475 e. The number of hydrogen-bond donors (Lipinski definition) is 0. The highest BCUT2D eigenvalue weighted by Crippen LogP contribution is 2.57. The summed E-state index contributed by atoms with van der Waals surface area (Å²) in [5, 5.41) is 0. The van der Waals surface area contributed by atoms with Crippen molar-refractivity contribution < 1.29 is 35.7 Å². The molecule has 1 rings (SSSR count). The van der Waals surface area contributed by atoms with Gasteiger partial charge >= 0.3 is 20.2 Å². The van der Waals surface area contributed by atoms with Crippen LogP contribution in [0.3, 0.4) is 0 Å². The van der Waals surface area contributed by atoms with Crippen molar-refractivity contribution in [2.75, 3.05) is 6.61 Å². The van der Waals surface area contributed by atoms with Gasteiger partial charge in [0, 0.05) is 0 Å². The van der Waals surface area contributed by atoms with E-state index in [4.69, 9.17) is 0 Å². The second kappa shape index (κ2) is 4.60. The Labute approximate surface area is 89.5 Å². The van der Waals surface area contributed by atoms with Crippen molar-refractivity contribution in [1.29, 1.82) is 0 Å². The molecule has 0 amide bonds. The molecule has 9 heteroatoms. The molecular weight excluding hydrogens is 255 g/mol. The Bertz CT molecular complexity index is 284. The molecule has 2 atom stereocenters. The summed E-state index contributed by atoms with van der Waals surface area (Å²) >= 11 is 0. The highest BCUT2D eigenvalue weighted by Gasteiger charge is 2.47. The zero-order valence-corrected chi connectivity index (χ0v) is 9.43. The van der Waals surface area contributed by atoms with Gasteiger partial charge < -0.3 is 0 Å². The molecule has 0 radical (unpaired) electrons. The van der Waals surface area contributed by atoms with Gasteiger partial charge in [-0.05, 0) is 13.8 Å². The third-order valence-corrected chi connectivity index (χ3v) is 3.61. The van der Waals surface area contributed by atoms with Crippen molar-refractivity contribution in [2.24, 2.45) is 0 Å². The van der Waals surface area contributed by atoms with Crippen molar-refractivity contribution >= 4 is 7.82 Å². The van der Waals surface area contributed by atoms with Crippen LogP contribution in [0.1, 0.15) is 13.8 Å². The van der Waals surface area contributed by atoms with Crippen molar-refractivity contribution in [3.05, 3.63) is 0 Å². The van der Waals surface area contributed by atoms with E-state index in [0.717, 1.165) is 0 Å². The van der Waals surface area contributed by atoms with Crippen LogP contribution in [0, 0.1) is 0 Å². The molecule has 2 unspecified atom stereocenters. The second-order valence-corrected chi connectivity index (χ2v) is 4.98. The van der Waals surface area contributed by atoms with Crippen LogP contribution in [0.4, 0.5) is 17.6 Å². The van der Waals surface area contributed by atoms with E-state index in [0.29, 0.717) is 0 Å². The quantitative estimate of drug-likeness (QED) is 0.579. The van der Waals surface area contributed by atoms with E-state index in [1.165, 1.54) is 13.8 Å². The third-order valence-electron chi connectivity index (χ3n) is 1.99. The minimum absolute atomic E-state index is 0.606. The van der Waals surface area contributed by atoms with Crippen LogP contribution in [0.25, 0.3) is 0 Å². The first kappa shape index (κ1) is 13.9.